The topological polar surface area (TPSA) is 84.5 Å². The van der Waals surface area contributed by atoms with Gasteiger partial charge in [-0.3, -0.25) is 4.79 Å². The molecule has 2 aromatic rings. The van der Waals surface area contributed by atoms with Gasteiger partial charge in [0.15, 0.2) is 0 Å². The van der Waals surface area contributed by atoms with E-state index in [9.17, 15) is 13.2 Å². The lowest BCUT2D eigenvalue weighted by Crippen LogP contribution is -2.23. The second-order valence-electron chi connectivity index (χ2n) is 5.91. The lowest BCUT2D eigenvalue weighted by molar-refractivity contribution is -0.121. The molecule has 1 amide bonds. The van der Waals surface area contributed by atoms with Crippen LogP contribution in [0.2, 0.25) is 0 Å². The summed E-state index contributed by atoms with van der Waals surface area (Å²) < 4.78 is 30.5. The van der Waals surface area contributed by atoms with E-state index in [1.807, 2.05) is 36.4 Å². The fourth-order valence-corrected chi connectivity index (χ4v) is 3.20. The third-order valence-corrected chi connectivity index (χ3v) is 5.29. The smallest absolute Gasteiger partial charge is 0.220 e. The molecule has 0 saturated carbocycles. The molecule has 0 fully saturated rings. The quantitative estimate of drug-likeness (QED) is 0.701. The van der Waals surface area contributed by atoms with E-state index >= 15 is 0 Å². The maximum Gasteiger partial charge on any atom is 0.220 e. The van der Waals surface area contributed by atoms with Gasteiger partial charge in [-0.15, -0.1) is 0 Å². The largest absolute Gasteiger partial charge is 0.497 e. The van der Waals surface area contributed by atoms with Gasteiger partial charge < -0.3 is 10.1 Å². The summed E-state index contributed by atoms with van der Waals surface area (Å²) in [4.78, 5) is 12.0. The third-order valence-electron chi connectivity index (χ3n) is 3.96. The van der Waals surface area contributed by atoms with Crippen molar-refractivity contribution in [3.05, 3.63) is 65.2 Å². The molecule has 0 bridgehead atoms. The Hall–Kier alpha value is -2.38. The number of nitrogens with one attached hydrogen (secondary N) is 2. The molecule has 6 nitrogen and oxygen atoms in total. The van der Waals surface area contributed by atoms with Crippen molar-refractivity contribution in [2.45, 2.75) is 25.1 Å². The van der Waals surface area contributed by atoms with Gasteiger partial charge >= 0.3 is 0 Å². The summed E-state index contributed by atoms with van der Waals surface area (Å²) in [6.45, 7) is 0.413. The summed E-state index contributed by atoms with van der Waals surface area (Å²) in [5, 5.41) is 2.88. The zero-order valence-corrected chi connectivity index (χ0v) is 15.8. The summed E-state index contributed by atoms with van der Waals surface area (Å²) in [6.07, 6.45) is 1.04. The Bertz CT molecular complexity index is 833. The molecule has 2 N–H and O–H groups in total. The van der Waals surface area contributed by atoms with Gasteiger partial charge in [0.25, 0.3) is 0 Å². The first kappa shape index (κ1) is 19.9. The minimum Gasteiger partial charge on any atom is -0.497 e. The molecule has 2 rings (SSSR count). The molecule has 26 heavy (non-hydrogen) atoms. The van der Waals surface area contributed by atoms with Crippen LogP contribution in [0.3, 0.4) is 0 Å². The Morgan fingerprint density at radius 1 is 1.04 bits per heavy atom. The monoisotopic (exact) mass is 376 g/mol. The molecular formula is C19H24N2O4S. The van der Waals surface area contributed by atoms with Gasteiger partial charge in [-0.05, 0) is 42.3 Å². The van der Waals surface area contributed by atoms with Crippen LogP contribution in [0.25, 0.3) is 0 Å². The van der Waals surface area contributed by atoms with Crippen LogP contribution in [-0.2, 0) is 33.5 Å². The van der Waals surface area contributed by atoms with Crippen LogP contribution < -0.4 is 14.8 Å². The molecule has 0 aromatic heterocycles. The van der Waals surface area contributed by atoms with Crippen molar-refractivity contribution in [2.75, 3.05) is 14.2 Å². The number of methoxy groups -OCH3 is 1. The predicted molar refractivity (Wildman–Crippen MR) is 101 cm³/mol. The van der Waals surface area contributed by atoms with Crippen molar-refractivity contribution in [1.82, 2.24) is 10.0 Å². The first-order valence-electron chi connectivity index (χ1n) is 8.30. The molecule has 0 spiro atoms. The van der Waals surface area contributed by atoms with E-state index in [1.165, 1.54) is 7.05 Å². The van der Waals surface area contributed by atoms with E-state index in [4.69, 9.17) is 4.74 Å². The van der Waals surface area contributed by atoms with E-state index in [0.717, 1.165) is 16.9 Å². The molecule has 0 atom stereocenters. The molecule has 7 heteroatoms. The highest BCUT2D eigenvalue weighted by Gasteiger charge is 2.08. The summed E-state index contributed by atoms with van der Waals surface area (Å²) in [6, 6.07) is 14.8. The first-order valence-corrected chi connectivity index (χ1v) is 9.96. The van der Waals surface area contributed by atoms with Crippen molar-refractivity contribution in [1.29, 1.82) is 0 Å². The zero-order valence-electron chi connectivity index (χ0n) is 15.0. The summed E-state index contributed by atoms with van der Waals surface area (Å²) >= 11 is 0. The molecule has 0 aliphatic rings. The highest BCUT2D eigenvalue weighted by Crippen LogP contribution is 2.14. The lowest BCUT2D eigenvalue weighted by Gasteiger charge is -2.08. The molecule has 0 aliphatic heterocycles. The van der Waals surface area contributed by atoms with Gasteiger partial charge in [0.1, 0.15) is 5.75 Å². The molecule has 140 valence electrons. The average molecular weight is 376 g/mol. The first-order chi connectivity index (χ1) is 12.4. The fraction of sp³-hybridized carbons (Fsp3) is 0.316. The number of hydrogen-bond donors (Lipinski definition) is 2. The second-order valence-corrected chi connectivity index (χ2v) is 7.83. The van der Waals surface area contributed by atoms with E-state index in [2.05, 4.69) is 10.0 Å². The molecular weight excluding hydrogens is 352 g/mol. The second kappa shape index (κ2) is 9.35. The normalized spacial score (nSPS) is 11.2. The number of sulfonamides is 1. The van der Waals surface area contributed by atoms with Gasteiger partial charge in [-0.1, -0.05) is 36.4 Å². The predicted octanol–water partition coefficient (Wildman–Crippen LogP) is 1.99. The van der Waals surface area contributed by atoms with Gasteiger partial charge in [0.2, 0.25) is 15.9 Å². The Kier molecular flexibility index (Phi) is 7.17. The van der Waals surface area contributed by atoms with Crippen molar-refractivity contribution < 1.29 is 17.9 Å². The zero-order chi connectivity index (χ0) is 19.0. The number of aryl methyl sites for hydroxylation is 1. The highest BCUT2D eigenvalue weighted by molar-refractivity contribution is 7.88. The summed E-state index contributed by atoms with van der Waals surface area (Å²) in [5.41, 5.74) is 2.67. The Morgan fingerprint density at radius 2 is 1.73 bits per heavy atom. The number of carbonyl (C=O) groups excluding carboxylic acids is 1. The SMILES string of the molecule is CNS(=O)(=O)Cc1ccc(CNC(=O)CCc2cccc(OC)c2)cc1. The van der Waals surface area contributed by atoms with Crippen molar-refractivity contribution in [3.63, 3.8) is 0 Å². The van der Waals surface area contributed by atoms with Gasteiger partial charge in [-0.25, -0.2) is 13.1 Å². The van der Waals surface area contributed by atoms with Crippen LogP contribution in [0, 0.1) is 0 Å². The highest BCUT2D eigenvalue weighted by atomic mass is 32.2. The Morgan fingerprint density at radius 3 is 2.38 bits per heavy atom. The average Bonchev–Trinajstić information content (AvgIpc) is 2.65. The number of amides is 1. The van der Waals surface area contributed by atoms with Crippen molar-refractivity contribution >= 4 is 15.9 Å². The van der Waals surface area contributed by atoms with Crippen LogP contribution in [0.1, 0.15) is 23.1 Å². The van der Waals surface area contributed by atoms with Crippen molar-refractivity contribution in [2.24, 2.45) is 0 Å². The molecule has 0 saturated heterocycles. The van der Waals surface area contributed by atoms with Crippen LogP contribution >= 0.6 is 0 Å². The number of benzene rings is 2. The molecule has 0 unspecified atom stereocenters. The number of hydrogen-bond acceptors (Lipinski definition) is 4. The van der Waals surface area contributed by atoms with Crippen LogP contribution in [0.15, 0.2) is 48.5 Å². The lowest BCUT2D eigenvalue weighted by atomic mass is 10.1. The number of rotatable bonds is 9. The molecule has 0 heterocycles. The van der Waals surface area contributed by atoms with Gasteiger partial charge in [-0.2, -0.15) is 0 Å². The maximum absolute atomic E-state index is 12.0. The van der Waals surface area contributed by atoms with E-state index in [0.29, 0.717) is 24.9 Å². The third kappa shape index (κ3) is 6.50. The number of carbonyl (C=O) groups is 1. The summed E-state index contributed by atoms with van der Waals surface area (Å²) in [7, 11) is -0.269. The Labute approximate surface area is 154 Å². The molecule has 2 aromatic carbocycles. The minimum absolute atomic E-state index is 0.0327. The molecule has 0 radical (unpaired) electrons. The van der Waals surface area contributed by atoms with Crippen LogP contribution in [0.5, 0.6) is 5.75 Å². The maximum atomic E-state index is 12.0. The van der Waals surface area contributed by atoms with E-state index < -0.39 is 10.0 Å². The number of ether oxygens (including phenoxy) is 1. The minimum atomic E-state index is -3.28. The van der Waals surface area contributed by atoms with Crippen LogP contribution in [0.4, 0.5) is 0 Å². The van der Waals surface area contributed by atoms with Crippen molar-refractivity contribution in [3.8, 4) is 5.75 Å². The summed E-state index contributed by atoms with van der Waals surface area (Å²) in [5.74, 6) is 0.689. The van der Waals surface area contributed by atoms with Crippen LogP contribution in [-0.4, -0.2) is 28.5 Å². The van der Waals surface area contributed by atoms with E-state index in [1.54, 1.807) is 19.2 Å². The van der Waals surface area contributed by atoms with Gasteiger partial charge in [0.05, 0.1) is 12.9 Å². The fourth-order valence-electron chi connectivity index (χ4n) is 2.42. The Balaban J connectivity index is 1.79. The van der Waals surface area contributed by atoms with Gasteiger partial charge in [0, 0.05) is 13.0 Å². The van der Waals surface area contributed by atoms with E-state index in [-0.39, 0.29) is 11.7 Å². The molecule has 0 aliphatic carbocycles. The standard InChI is InChI=1S/C19H24N2O4S/c1-20-26(23,24)14-17-8-6-16(7-9-17)13-21-19(22)11-10-15-4-3-5-18(12-15)25-2/h3-9,12,20H,10-11,13-14H2,1-2H3,(H,21,22).